The zero-order valence-corrected chi connectivity index (χ0v) is 13.2. The Labute approximate surface area is 123 Å². The first-order valence-corrected chi connectivity index (χ1v) is 8.39. The van der Waals surface area contributed by atoms with Gasteiger partial charge in [0.2, 0.25) is 0 Å². The van der Waals surface area contributed by atoms with Crippen molar-refractivity contribution in [3.8, 4) is 0 Å². The summed E-state index contributed by atoms with van der Waals surface area (Å²) in [6, 6.07) is 3.22. The molecule has 106 valence electrons. The van der Waals surface area contributed by atoms with Gasteiger partial charge in [0.15, 0.2) is 0 Å². The number of hydrogen-bond acceptors (Lipinski definition) is 5. The van der Waals surface area contributed by atoms with Gasteiger partial charge < -0.3 is 9.84 Å². The summed E-state index contributed by atoms with van der Waals surface area (Å²) < 4.78 is 31.9. The van der Waals surface area contributed by atoms with Crippen molar-refractivity contribution in [3.63, 3.8) is 0 Å². The third-order valence-corrected chi connectivity index (χ3v) is 6.59. The van der Waals surface area contributed by atoms with Gasteiger partial charge in [-0.3, -0.25) is 0 Å². The third-order valence-electron chi connectivity index (χ3n) is 2.71. The molecule has 0 bridgehead atoms. The Morgan fingerprint density at radius 2 is 2.21 bits per heavy atom. The predicted molar refractivity (Wildman–Crippen MR) is 72.8 cm³/mol. The first-order chi connectivity index (χ1) is 8.73. The van der Waals surface area contributed by atoms with Gasteiger partial charge in [0.25, 0.3) is 10.0 Å². The highest BCUT2D eigenvalue weighted by Crippen LogP contribution is 2.34. The summed E-state index contributed by atoms with van der Waals surface area (Å²) in [7, 11) is -3.50. The van der Waals surface area contributed by atoms with E-state index in [-0.39, 0.29) is 17.3 Å². The molecule has 0 saturated carbocycles. The number of ether oxygens (including phenoxy) is 1. The van der Waals surface area contributed by atoms with Gasteiger partial charge in [0.05, 0.1) is 9.39 Å². The minimum atomic E-state index is -3.50. The van der Waals surface area contributed by atoms with E-state index in [2.05, 4.69) is 15.9 Å². The van der Waals surface area contributed by atoms with E-state index in [9.17, 15) is 13.2 Å². The van der Waals surface area contributed by atoms with Gasteiger partial charge in [-0.15, -0.1) is 11.3 Å². The highest BCUT2D eigenvalue weighted by molar-refractivity contribution is 9.11. The van der Waals surface area contributed by atoms with Crippen LogP contribution < -0.4 is 0 Å². The van der Waals surface area contributed by atoms with Crippen molar-refractivity contribution in [2.45, 2.75) is 16.7 Å². The lowest BCUT2D eigenvalue weighted by molar-refractivity contribution is -0.157. The first kappa shape index (κ1) is 14.9. The third kappa shape index (κ3) is 3.16. The van der Waals surface area contributed by atoms with Crippen LogP contribution in [0.2, 0.25) is 0 Å². The summed E-state index contributed by atoms with van der Waals surface area (Å²) >= 11 is 4.37. The fourth-order valence-corrected chi connectivity index (χ4v) is 5.59. The topological polar surface area (TPSA) is 83.9 Å². The Kier molecular flexibility index (Phi) is 4.03. The average Bonchev–Trinajstić information content (AvgIpc) is 2.70. The van der Waals surface area contributed by atoms with Crippen molar-refractivity contribution >= 4 is 43.3 Å². The number of carbonyl (C=O) groups is 1. The van der Waals surface area contributed by atoms with Gasteiger partial charge in [0.1, 0.15) is 10.8 Å². The van der Waals surface area contributed by atoms with Gasteiger partial charge in [0, 0.05) is 13.1 Å². The zero-order chi connectivity index (χ0) is 14.3. The fourth-order valence-electron chi connectivity index (χ4n) is 1.76. The van der Waals surface area contributed by atoms with Crippen LogP contribution in [0.5, 0.6) is 0 Å². The number of hydrogen-bond donors (Lipinski definition) is 1. The van der Waals surface area contributed by atoms with E-state index < -0.39 is 28.2 Å². The Morgan fingerprint density at radius 1 is 1.58 bits per heavy atom. The molecule has 0 radical (unpaired) electrons. The maximum Gasteiger partial charge on any atom is 0.329 e. The lowest BCUT2D eigenvalue weighted by Gasteiger charge is -2.45. The molecule has 0 aromatic carbocycles. The van der Waals surface area contributed by atoms with Crippen molar-refractivity contribution < 1.29 is 23.1 Å². The number of sulfonamides is 1. The lowest BCUT2D eigenvalue weighted by atomic mass is 10.0. The SMILES string of the molecule is CC1(OCC(=O)O)CN(S(=O)(=O)c2ccc(Br)s2)C1. The van der Waals surface area contributed by atoms with E-state index in [0.717, 1.165) is 15.1 Å². The molecule has 0 spiro atoms. The molecule has 9 heteroatoms. The number of halogens is 1. The molecule has 2 rings (SSSR count). The van der Waals surface area contributed by atoms with Crippen LogP contribution in [0, 0.1) is 0 Å². The second-order valence-corrected chi connectivity index (χ2v) is 9.09. The molecule has 6 nitrogen and oxygen atoms in total. The molecule has 2 heterocycles. The van der Waals surface area contributed by atoms with Crippen LogP contribution in [-0.4, -0.2) is 49.1 Å². The molecular formula is C10H12BrNO5S2. The smallest absolute Gasteiger partial charge is 0.329 e. The van der Waals surface area contributed by atoms with E-state index in [1.54, 1.807) is 13.0 Å². The molecule has 0 unspecified atom stereocenters. The van der Waals surface area contributed by atoms with Crippen LogP contribution >= 0.6 is 27.3 Å². The molecule has 0 aliphatic carbocycles. The Balaban J connectivity index is 2.01. The molecular weight excluding hydrogens is 358 g/mol. The summed E-state index contributed by atoms with van der Waals surface area (Å²) in [5.41, 5.74) is -0.722. The molecule has 1 aromatic heterocycles. The Morgan fingerprint density at radius 3 is 2.68 bits per heavy atom. The van der Waals surface area contributed by atoms with Gasteiger partial charge in [-0.25, -0.2) is 13.2 Å². The van der Waals surface area contributed by atoms with Crippen LogP contribution in [0.1, 0.15) is 6.92 Å². The number of nitrogens with zero attached hydrogens (tertiary/aromatic N) is 1. The Bertz CT molecular complexity index is 591. The maximum atomic E-state index is 12.2. The van der Waals surface area contributed by atoms with Gasteiger partial charge in [-0.2, -0.15) is 4.31 Å². The van der Waals surface area contributed by atoms with Crippen molar-refractivity contribution in [2.75, 3.05) is 19.7 Å². The number of carboxylic acid groups (broad SMARTS) is 1. The van der Waals surface area contributed by atoms with E-state index in [0.29, 0.717) is 0 Å². The van der Waals surface area contributed by atoms with E-state index >= 15 is 0 Å². The largest absolute Gasteiger partial charge is 0.480 e. The van der Waals surface area contributed by atoms with Crippen molar-refractivity contribution in [1.82, 2.24) is 4.31 Å². The summed E-state index contributed by atoms with van der Waals surface area (Å²) in [6.45, 7) is 1.61. The van der Waals surface area contributed by atoms with Crippen LogP contribution in [0.25, 0.3) is 0 Å². The normalized spacial score (nSPS) is 19.1. The highest BCUT2D eigenvalue weighted by Gasteiger charge is 2.46. The van der Waals surface area contributed by atoms with Crippen molar-refractivity contribution in [1.29, 1.82) is 0 Å². The van der Waals surface area contributed by atoms with Crippen molar-refractivity contribution in [2.24, 2.45) is 0 Å². The summed E-state index contributed by atoms with van der Waals surface area (Å²) in [4.78, 5) is 10.4. The van der Waals surface area contributed by atoms with Gasteiger partial charge in [-0.05, 0) is 35.0 Å². The molecule has 1 aliphatic rings. The monoisotopic (exact) mass is 369 g/mol. The fraction of sp³-hybridized carbons (Fsp3) is 0.500. The minimum absolute atomic E-state index is 0.165. The molecule has 0 amide bonds. The van der Waals surface area contributed by atoms with Gasteiger partial charge in [-0.1, -0.05) is 0 Å². The van der Waals surface area contributed by atoms with Crippen molar-refractivity contribution in [3.05, 3.63) is 15.9 Å². The zero-order valence-electron chi connectivity index (χ0n) is 10.00. The van der Waals surface area contributed by atoms with Crippen LogP contribution in [-0.2, 0) is 19.6 Å². The van der Waals surface area contributed by atoms with E-state index in [1.807, 2.05) is 0 Å². The molecule has 1 saturated heterocycles. The minimum Gasteiger partial charge on any atom is -0.480 e. The second kappa shape index (κ2) is 5.13. The standard InChI is InChI=1S/C10H12BrNO5S2/c1-10(17-4-8(13)14)5-12(6-10)19(15,16)9-3-2-7(11)18-9/h2-3H,4-6H2,1H3,(H,13,14). The molecule has 1 N–H and O–H groups in total. The average molecular weight is 370 g/mol. The number of carboxylic acids is 1. The molecule has 0 atom stereocenters. The van der Waals surface area contributed by atoms with E-state index in [1.165, 1.54) is 10.4 Å². The molecule has 1 fully saturated rings. The summed E-state index contributed by atoms with van der Waals surface area (Å²) in [5, 5.41) is 8.54. The maximum absolute atomic E-state index is 12.2. The molecule has 1 aromatic rings. The van der Waals surface area contributed by atoms with Crippen LogP contribution in [0.4, 0.5) is 0 Å². The van der Waals surface area contributed by atoms with Gasteiger partial charge >= 0.3 is 5.97 Å². The quantitative estimate of drug-likeness (QED) is 0.847. The number of aliphatic carboxylic acids is 1. The number of thiophene rings is 1. The van der Waals surface area contributed by atoms with Crippen LogP contribution in [0.3, 0.4) is 0 Å². The van der Waals surface area contributed by atoms with Crippen LogP contribution in [0.15, 0.2) is 20.1 Å². The predicted octanol–water partition coefficient (Wildman–Crippen LogP) is 1.37. The lowest BCUT2D eigenvalue weighted by Crippen LogP contribution is -2.63. The Hall–Kier alpha value is -0.480. The van der Waals surface area contributed by atoms with E-state index in [4.69, 9.17) is 9.84 Å². The number of rotatable bonds is 5. The molecule has 19 heavy (non-hydrogen) atoms. The summed E-state index contributed by atoms with van der Waals surface area (Å²) in [5.74, 6) is -1.07. The first-order valence-electron chi connectivity index (χ1n) is 5.34. The second-order valence-electron chi connectivity index (χ2n) is 4.46. The summed E-state index contributed by atoms with van der Waals surface area (Å²) in [6.07, 6.45) is 0. The highest BCUT2D eigenvalue weighted by atomic mass is 79.9. The molecule has 1 aliphatic heterocycles.